The Hall–Kier alpha value is -2.11. The fourth-order valence-electron chi connectivity index (χ4n) is 1.05. The first-order chi connectivity index (χ1) is 7.90. The highest BCUT2D eigenvalue weighted by molar-refractivity contribution is 5.66. The van der Waals surface area contributed by atoms with Crippen molar-refractivity contribution < 1.29 is 14.8 Å². The predicted molar refractivity (Wildman–Crippen MR) is 64.8 cm³/mol. The lowest BCUT2D eigenvalue weighted by Crippen LogP contribution is -1.95. The number of nitro groups is 1. The van der Waals surface area contributed by atoms with Gasteiger partial charge in [-0.05, 0) is 19.4 Å². The number of rotatable bonds is 3. The van der Waals surface area contributed by atoms with Crippen molar-refractivity contribution in [3.05, 3.63) is 33.9 Å². The molecular weight excluding hydrogens is 224 g/mol. The van der Waals surface area contributed by atoms with Gasteiger partial charge in [0.15, 0.2) is 0 Å². The maximum absolute atomic E-state index is 10.3. The molecule has 17 heavy (non-hydrogen) atoms. The first-order valence-electron chi connectivity index (χ1n) is 5.11. The Balaban J connectivity index is 0.000000366. The minimum Gasteiger partial charge on any atom is -0.481 e. The lowest BCUT2D eigenvalue weighted by atomic mass is 10.2. The molecule has 0 heterocycles. The van der Waals surface area contributed by atoms with Crippen molar-refractivity contribution in [3.63, 3.8) is 0 Å². The Morgan fingerprint density at radius 2 is 2.12 bits per heavy atom. The van der Waals surface area contributed by atoms with E-state index in [-0.39, 0.29) is 5.69 Å². The van der Waals surface area contributed by atoms with Gasteiger partial charge in [0.2, 0.25) is 0 Å². The van der Waals surface area contributed by atoms with Crippen LogP contribution in [0, 0.1) is 17.0 Å². The zero-order chi connectivity index (χ0) is 13.4. The molecule has 0 bridgehead atoms. The summed E-state index contributed by atoms with van der Waals surface area (Å²) in [5, 5.41) is 18.2. The van der Waals surface area contributed by atoms with Crippen LogP contribution in [0.3, 0.4) is 0 Å². The van der Waals surface area contributed by atoms with Gasteiger partial charge in [0.05, 0.1) is 4.92 Å². The topological polar surface area (TPSA) is 106 Å². The van der Waals surface area contributed by atoms with Crippen molar-refractivity contribution in [1.29, 1.82) is 0 Å². The van der Waals surface area contributed by atoms with E-state index in [4.69, 9.17) is 10.8 Å². The highest BCUT2D eigenvalue weighted by atomic mass is 16.6. The maximum atomic E-state index is 10.3. The van der Waals surface area contributed by atoms with Crippen LogP contribution >= 0.6 is 0 Å². The predicted octanol–water partition coefficient (Wildman–Crippen LogP) is 2.36. The number of hydrogen-bond donors (Lipinski definition) is 2. The Morgan fingerprint density at radius 3 is 2.41 bits per heavy atom. The molecular formula is C11H16N2O4. The van der Waals surface area contributed by atoms with Crippen LogP contribution in [-0.2, 0) is 4.79 Å². The average molecular weight is 240 g/mol. The van der Waals surface area contributed by atoms with Crippen molar-refractivity contribution in [2.45, 2.75) is 26.7 Å². The number of nitro benzene ring substituents is 1. The van der Waals surface area contributed by atoms with Crippen LogP contribution in [0.4, 0.5) is 11.4 Å². The number of anilines is 1. The number of aliphatic carboxylic acids is 1. The first kappa shape index (κ1) is 14.9. The van der Waals surface area contributed by atoms with E-state index in [0.717, 1.165) is 6.42 Å². The maximum Gasteiger partial charge on any atom is 0.303 e. The molecule has 1 aromatic rings. The van der Waals surface area contributed by atoms with Gasteiger partial charge in [-0.3, -0.25) is 14.9 Å². The van der Waals surface area contributed by atoms with Crippen molar-refractivity contribution in [2.75, 3.05) is 5.73 Å². The van der Waals surface area contributed by atoms with Gasteiger partial charge in [-0.25, -0.2) is 0 Å². The van der Waals surface area contributed by atoms with Gasteiger partial charge in [0.25, 0.3) is 5.69 Å². The van der Waals surface area contributed by atoms with E-state index < -0.39 is 10.9 Å². The molecule has 3 N–H and O–H groups in total. The fourth-order valence-corrected chi connectivity index (χ4v) is 1.05. The van der Waals surface area contributed by atoms with Crippen LogP contribution in [-0.4, -0.2) is 16.0 Å². The summed E-state index contributed by atoms with van der Waals surface area (Å²) in [6.07, 6.45) is 1.02. The van der Waals surface area contributed by atoms with Gasteiger partial charge in [-0.1, -0.05) is 13.0 Å². The normalized spacial score (nSPS) is 9.06. The third-order valence-electron chi connectivity index (χ3n) is 2.01. The molecule has 0 amide bonds. The van der Waals surface area contributed by atoms with E-state index in [0.29, 0.717) is 17.7 Å². The number of nitrogen functional groups attached to an aromatic ring is 1. The van der Waals surface area contributed by atoms with Crippen molar-refractivity contribution in [3.8, 4) is 0 Å². The molecule has 0 atom stereocenters. The number of carboxylic acid groups (broad SMARTS) is 1. The molecule has 0 saturated heterocycles. The van der Waals surface area contributed by atoms with E-state index in [1.807, 2.05) is 6.92 Å². The molecule has 1 aromatic carbocycles. The molecule has 0 aliphatic carbocycles. The van der Waals surface area contributed by atoms with Crippen LogP contribution in [0.5, 0.6) is 0 Å². The Kier molecular flexibility index (Phi) is 6.32. The third kappa shape index (κ3) is 5.50. The second-order valence-corrected chi connectivity index (χ2v) is 3.39. The van der Waals surface area contributed by atoms with Gasteiger partial charge in [-0.2, -0.15) is 0 Å². The number of nitrogens with zero attached hydrogens (tertiary/aromatic N) is 1. The number of benzene rings is 1. The van der Waals surface area contributed by atoms with E-state index in [9.17, 15) is 14.9 Å². The Bertz CT molecular complexity index is 404. The first-order valence-corrected chi connectivity index (χ1v) is 5.11. The zero-order valence-electron chi connectivity index (χ0n) is 9.84. The van der Waals surface area contributed by atoms with Crippen molar-refractivity contribution in [2.24, 2.45) is 0 Å². The standard InChI is InChI=1S/C7H8N2O2.C4H8O2/c1-5-6(8)3-2-4-7(5)9(10)11;1-2-3-4(5)6/h2-4H,8H2,1H3;2-3H2,1H3,(H,5,6). The van der Waals surface area contributed by atoms with Gasteiger partial charge in [0, 0.05) is 23.7 Å². The summed E-state index contributed by atoms with van der Waals surface area (Å²) < 4.78 is 0. The highest BCUT2D eigenvalue weighted by Gasteiger charge is 2.10. The summed E-state index contributed by atoms with van der Waals surface area (Å²) in [5.41, 5.74) is 6.51. The fraction of sp³-hybridized carbons (Fsp3) is 0.364. The van der Waals surface area contributed by atoms with E-state index in [1.54, 1.807) is 19.1 Å². The minimum atomic E-state index is -0.711. The van der Waals surface area contributed by atoms with Crippen molar-refractivity contribution >= 4 is 17.3 Å². The summed E-state index contributed by atoms with van der Waals surface area (Å²) in [5.74, 6) is -0.711. The summed E-state index contributed by atoms with van der Waals surface area (Å²) in [6.45, 7) is 3.47. The summed E-state index contributed by atoms with van der Waals surface area (Å²) in [7, 11) is 0. The molecule has 6 heteroatoms. The van der Waals surface area contributed by atoms with Crippen LogP contribution in [0.25, 0.3) is 0 Å². The second-order valence-electron chi connectivity index (χ2n) is 3.39. The number of carboxylic acids is 1. The Labute approximate surface area is 99.2 Å². The van der Waals surface area contributed by atoms with Crippen molar-refractivity contribution in [1.82, 2.24) is 0 Å². The molecule has 0 aliphatic rings. The number of hydrogen-bond acceptors (Lipinski definition) is 4. The molecule has 6 nitrogen and oxygen atoms in total. The summed E-state index contributed by atoms with van der Waals surface area (Å²) >= 11 is 0. The summed E-state index contributed by atoms with van der Waals surface area (Å²) in [4.78, 5) is 19.5. The van der Waals surface area contributed by atoms with E-state index >= 15 is 0 Å². The smallest absolute Gasteiger partial charge is 0.303 e. The molecule has 0 aliphatic heterocycles. The Morgan fingerprint density at radius 1 is 1.53 bits per heavy atom. The third-order valence-corrected chi connectivity index (χ3v) is 2.01. The van der Waals surface area contributed by atoms with Gasteiger partial charge < -0.3 is 10.8 Å². The lowest BCUT2D eigenvalue weighted by Gasteiger charge is -1.98. The molecule has 0 fully saturated rings. The molecule has 0 spiro atoms. The molecule has 0 radical (unpaired) electrons. The SMILES string of the molecule is CCCC(=O)O.Cc1c(N)cccc1[N+](=O)[O-]. The van der Waals surface area contributed by atoms with Crippen LogP contribution in [0.15, 0.2) is 18.2 Å². The molecule has 0 unspecified atom stereocenters. The summed E-state index contributed by atoms with van der Waals surface area (Å²) in [6, 6.07) is 4.65. The number of carbonyl (C=O) groups is 1. The van der Waals surface area contributed by atoms with E-state index in [1.165, 1.54) is 6.07 Å². The monoisotopic (exact) mass is 240 g/mol. The minimum absolute atomic E-state index is 0.0741. The largest absolute Gasteiger partial charge is 0.481 e. The molecule has 1 rings (SSSR count). The average Bonchev–Trinajstić information content (AvgIpc) is 2.22. The lowest BCUT2D eigenvalue weighted by molar-refractivity contribution is -0.385. The van der Waals surface area contributed by atoms with E-state index in [2.05, 4.69) is 0 Å². The van der Waals surface area contributed by atoms with Gasteiger partial charge in [-0.15, -0.1) is 0 Å². The molecule has 94 valence electrons. The van der Waals surface area contributed by atoms with Gasteiger partial charge in [0.1, 0.15) is 0 Å². The van der Waals surface area contributed by atoms with Gasteiger partial charge >= 0.3 is 5.97 Å². The van der Waals surface area contributed by atoms with Crippen LogP contribution in [0.2, 0.25) is 0 Å². The second kappa shape index (κ2) is 7.21. The van der Waals surface area contributed by atoms with Crippen LogP contribution in [0.1, 0.15) is 25.3 Å². The highest BCUT2D eigenvalue weighted by Crippen LogP contribution is 2.21. The molecule has 0 saturated carbocycles. The molecule has 0 aromatic heterocycles. The number of nitrogens with two attached hydrogens (primary N) is 1. The quantitative estimate of drug-likeness (QED) is 0.479. The zero-order valence-corrected chi connectivity index (χ0v) is 9.84. The van der Waals surface area contributed by atoms with Crippen LogP contribution < -0.4 is 5.73 Å².